The molecule has 7 aromatic rings. The van der Waals surface area contributed by atoms with Crippen molar-refractivity contribution >= 4 is 56.2 Å². The van der Waals surface area contributed by atoms with E-state index < -0.39 is 0 Å². The van der Waals surface area contributed by atoms with Crippen molar-refractivity contribution in [1.29, 1.82) is 0 Å². The van der Waals surface area contributed by atoms with Gasteiger partial charge < -0.3 is 4.42 Å². The Balaban J connectivity index is 1.49. The molecule has 9 rings (SSSR count). The van der Waals surface area contributed by atoms with E-state index in [2.05, 4.69) is 152 Å². The fraction of sp³-hybridized carbons (Fsp3) is 0. The molecular formula is C44H28N2OS. The van der Waals surface area contributed by atoms with E-state index in [4.69, 9.17) is 14.4 Å². The average molecular weight is 633 g/mol. The third kappa shape index (κ3) is 5.00. The van der Waals surface area contributed by atoms with Gasteiger partial charge in [0.15, 0.2) is 0 Å². The molecule has 0 saturated heterocycles. The van der Waals surface area contributed by atoms with Crippen LogP contribution in [0.1, 0.15) is 22.8 Å². The molecule has 0 fully saturated rings. The molecule has 0 aliphatic carbocycles. The number of hydrogen-bond acceptors (Lipinski definition) is 4. The highest BCUT2D eigenvalue weighted by Crippen LogP contribution is 2.41. The van der Waals surface area contributed by atoms with Crippen molar-refractivity contribution in [3.05, 3.63) is 168 Å². The molecule has 3 aromatic heterocycles. The van der Waals surface area contributed by atoms with Crippen LogP contribution in [0.3, 0.4) is 0 Å². The first-order valence-electron chi connectivity index (χ1n) is 16.0. The standard InChI is InChI=1S/C44H28N2OS/c1-5-13-29(14-6-1)41-33-21-23-35(45-33)42(30-15-7-2-8-16-30)37-25-26-38(47-37)44(32-19-11-4-12-20-32)40-28-27-39(48-40)43(31-17-9-3-10-18-31)36-24-22-34(41)46-36/h1-28H. The molecule has 0 N–H and O–H groups in total. The second-order valence-corrected chi connectivity index (χ2v) is 12.8. The Kier molecular flexibility index (Phi) is 6.99. The van der Waals surface area contributed by atoms with Gasteiger partial charge in [0, 0.05) is 26.1 Å². The van der Waals surface area contributed by atoms with E-state index in [9.17, 15) is 0 Å². The van der Waals surface area contributed by atoms with Gasteiger partial charge in [-0.1, -0.05) is 121 Å². The fourth-order valence-electron chi connectivity index (χ4n) is 6.58. The van der Waals surface area contributed by atoms with E-state index in [-0.39, 0.29) is 0 Å². The van der Waals surface area contributed by atoms with Gasteiger partial charge in [0.1, 0.15) is 11.2 Å². The summed E-state index contributed by atoms with van der Waals surface area (Å²) in [4.78, 5) is 10.7. The summed E-state index contributed by atoms with van der Waals surface area (Å²) < 4.78 is 9.13. The van der Waals surface area contributed by atoms with Gasteiger partial charge in [-0.2, -0.15) is 0 Å². The van der Waals surface area contributed by atoms with Gasteiger partial charge in [-0.3, -0.25) is 0 Å². The van der Waals surface area contributed by atoms with Crippen LogP contribution >= 0.6 is 11.3 Å². The van der Waals surface area contributed by atoms with E-state index in [1.165, 1.54) is 0 Å². The van der Waals surface area contributed by atoms with Crippen LogP contribution in [0.5, 0.6) is 0 Å². The van der Waals surface area contributed by atoms with Crippen molar-refractivity contribution in [2.75, 3.05) is 0 Å². The van der Waals surface area contributed by atoms with Gasteiger partial charge in [0.25, 0.3) is 0 Å². The highest BCUT2D eigenvalue weighted by molar-refractivity contribution is 7.24. The van der Waals surface area contributed by atoms with Gasteiger partial charge >= 0.3 is 0 Å². The summed E-state index contributed by atoms with van der Waals surface area (Å²) in [6, 6.07) is 50.5. The molecule has 0 radical (unpaired) electrons. The number of aromatic nitrogens is 2. The second-order valence-electron chi connectivity index (χ2n) is 11.7. The largest absolute Gasteiger partial charge is 0.456 e. The first kappa shape index (κ1) is 28.1. The van der Waals surface area contributed by atoms with Crippen molar-refractivity contribution in [3.63, 3.8) is 0 Å². The maximum atomic E-state index is 6.87. The molecule has 3 nitrogen and oxygen atoms in total. The van der Waals surface area contributed by atoms with E-state index in [1.54, 1.807) is 11.3 Å². The summed E-state index contributed by atoms with van der Waals surface area (Å²) in [5.74, 6) is 0. The average Bonchev–Trinajstić information content (AvgIpc) is 3.98. The van der Waals surface area contributed by atoms with E-state index >= 15 is 0 Å². The molecular weight excluding hydrogens is 605 g/mol. The Morgan fingerprint density at radius 3 is 1.19 bits per heavy atom. The topological polar surface area (TPSA) is 38.9 Å². The minimum Gasteiger partial charge on any atom is -0.456 e. The summed E-state index contributed by atoms with van der Waals surface area (Å²) in [6.07, 6.45) is 8.47. The maximum absolute atomic E-state index is 6.87. The molecule has 0 unspecified atom stereocenters. The zero-order valence-electron chi connectivity index (χ0n) is 25.9. The number of fused-ring (bicyclic) bond motifs is 8. The van der Waals surface area contributed by atoms with Crippen LogP contribution < -0.4 is 0 Å². The Labute approximate surface area is 282 Å². The van der Waals surface area contributed by atoms with Crippen molar-refractivity contribution < 1.29 is 4.42 Å². The van der Waals surface area contributed by atoms with Crippen LogP contribution in [-0.2, 0) is 0 Å². The van der Waals surface area contributed by atoms with Crippen LogP contribution in [0.4, 0.5) is 0 Å². The van der Waals surface area contributed by atoms with Gasteiger partial charge in [-0.25, -0.2) is 9.97 Å². The van der Waals surface area contributed by atoms with E-state index in [1.807, 2.05) is 18.2 Å². The van der Waals surface area contributed by atoms with E-state index in [0.717, 1.165) is 87.8 Å². The smallest absolute Gasteiger partial charge is 0.137 e. The highest BCUT2D eigenvalue weighted by Gasteiger charge is 2.19. The summed E-state index contributed by atoms with van der Waals surface area (Å²) in [5.41, 5.74) is 13.5. The molecule has 0 saturated carbocycles. The predicted octanol–water partition coefficient (Wildman–Crippen LogP) is 12.3. The lowest BCUT2D eigenvalue weighted by molar-refractivity contribution is 0.668. The molecule has 0 amide bonds. The van der Waals surface area contributed by atoms with Crippen LogP contribution in [0, 0.1) is 0 Å². The Morgan fingerprint density at radius 1 is 0.333 bits per heavy atom. The first-order valence-corrected chi connectivity index (χ1v) is 16.8. The van der Waals surface area contributed by atoms with Gasteiger partial charge in [0.05, 0.1) is 28.3 Å². The number of hydrogen-bond donors (Lipinski definition) is 0. The molecule has 2 aliphatic heterocycles. The minimum atomic E-state index is 0.768. The van der Waals surface area contributed by atoms with Gasteiger partial charge in [0.2, 0.25) is 0 Å². The summed E-state index contributed by atoms with van der Waals surface area (Å²) >= 11 is 1.76. The van der Waals surface area contributed by atoms with Gasteiger partial charge in [-0.15, -0.1) is 11.3 Å². The lowest BCUT2D eigenvalue weighted by atomic mass is 10.0. The number of rotatable bonds is 4. The number of thiophene rings is 1. The second kappa shape index (κ2) is 11.9. The quantitative estimate of drug-likeness (QED) is 0.194. The van der Waals surface area contributed by atoms with Crippen molar-refractivity contribution in [3.8, 4) is 44.5 Å². The third-order valence-corrected chi connectivity index (χ3v) is 9.87. The first-order chi connectivity index (χ1) is 23.8. The highest BCUT2D eigenvalue weighted by atomic mass is 32.1. The van der Waals surface area contributed by atoms with Crippen LogP contribution in [0.15, 0.2) is 150 Å². The van der Waals surface area contributed by atoms with Crippen molar-refractivity contribution in [1.82, 2.24) is 9.97 Å². The molecule has 2 aliphatic rings. The van der Waals surface area contributed by atoms with Crippen molar-refractivity contribution in [2.45, 2.75) is 0 Å². The monoisotopic (exact) mass is 632 g/mol. The van der Waals surface area contributed by atoms with Crippen molar-refractivity contribution in [2.24, 2.45) is 0 Å². The summed E-state index contributed by atoms with van der Waals surface area (Å²) in [7, 11) is 0. The molecule has 4 aromatic carbocycles. The molecule has 226 valence electrons. The summed E-state index contributed by atoms with van der Waals surface area (Å²) in [6.45, 7) is 0. The summed E-state index contributed by atoms with van der Waals surface area (Å²) in [5, 5.41) is 0. The predicted molar refractivity (Wildman–Crippen MR) is 202 cm³/mol. The van der Waals surface area contributed by atoms with Crippen LogP contribution in [0.25, 0.3) is 89.4 Å². The number of nitrogens with zero attached hydrogens (tertiary/aromatic N) is 2. The SMILES string of the molecule is C1=Cc2nc1c(-c1ccccc1)c1nc(c(-c3ccccc3)c3ccc(s3)c(-c3ccccc3)c3ccc(o3)c2-c2ccccc2)C=C1. The minimum absolute atomic E-state index is 0.768. The van der Waals surface area contributed by atoms with E-state index in [0.29, 0.717) is 0 Å². The van der Waals surface area contributed by atoms with Gasteiger partial charge in [-0.05, 0) is 70.8 Å². The fourth-order valence-corrected chi connectivity index (χ4v) is 7.73. The number of benzene rings is 4. The molecule has 0 atom stereocenters. The molecule has 0 spiro atoms. The molecule has 4 heteroatoms. The zero-order valence-corrected chi connectivity index (χ0v) is 26.7. The Hall–Kier alpha value is -6.10. The molecule has 5 heterocycles. The molecule has 8 bridgehead atoms. The maximum Gasteiger partial charge on any atom is 0.137 e. The Morgan fingerprint density at radius 2 is 0.688 bits per heavy atom. The molecule has 48 heavy (non-hydrogen) atoms. The zero-order chi connectivity index (χ0) is 31.9. The third-order valence-electron chi connectivity index (χ3n) is 8.75. The number of furan rings is 1. The van der Waals surface area contributed by atoms with Crippen LogP contribution in [0.2, 0.25) is 0 Å². The Bertz CT molecular complexity index is 2390. The lowest BCUT2D eigenvalue weighted by Gasteiger charge is -2.06. The normalized spacial score (nSPS) is 12.0. The van der Waals surface area contributed by atoms with Crippen LogP contribution in [-0.4, -0.2) is 9.97 Å². The lowest BCUT2D eigenvalue weighted by Crippen LogP contribution is -1.90.